The van der Waals surface area contributed by atoms with Crippen molar-refractivity contribution in [1.82, 2.24) is 0 Å². The minimum atomic E-state index is -4.45. The Kier molecular flexibility index (Phi) is 3.70. The number of ether oxygens (including phenoxy) is 1. The van der Waals surface area contributed by atoms with E-state index in [0.717, 1.165) is 12.1 Å². The van der Waals surface area contributed by atoms with E-state index in [9.17, 15) is 18.0 Å². The fourth-order valence-electron chi connectivity index (χ4n) is 1.31. The van der Waals surface area contributed by atoms with Crippen LogP contribution in [0.3, 0.4) is 0 Å². The maximum Gasteiger partial charge on any atom is 0.416 e. The Morgan fingerprint density at radius 1 is 1.31 bits per heavy atom. The summed E-state index contributed by atoms with van der Waals surface area (Å²) < 4.78 is 42.3. The lowest BCUT2D eigenvalue weighted by Crippen LogP contribution is -2.08. The Hall–Kier alpha value is -1.36. The number of hydrogen-bond donors (Lipinski definition) is 0. The van der Waals surface area contributed by atoms with E-state index >= 15 is 0 Å². The zero-order valence-corrected chi connectivity index (χ0v) is 8.89. The summed E-state index contributed by atoms with van der Waals surface area (Å²) >= 11 is 0. The number of benzene rings is 1. The van der Waals surface area contributed by atoms with E-state index in [0.29, 0.717) is 5.56 Å². The Morgan fingerprint density at radius 2 is 1.94 bits per heavy atom. The summed E-state index contributed by atoms with van der Waals surface area (Å²) in [5.74, 6) is -0.400. The van der Waals surface area contributed by atoms with E-state index in [4.69, 9.17) is 4.74 Å². The number of carbonyl (C=O) groups excluding carboxylic acids is 1. The molecule has 0 bridgehead atoms. The number of ketones is 1. The molecule has 0 fully saturated rings. The Labute approximate surface area is 91.0 Å². The van der Waals surface area contributed by atoms with Crippen molar-refractivity contribution in [2.45, 2.75) is 19.7 Å². The van der Waals surface area contributed by atoms with Gasteiger partial charge < -0.3 is 4.74 Å². The summed E-state index contributed by atoms with van der Waals surface area (Å²) in [6.45, 7) is 1.27. The molecule has 5 heteroatoms. The molecule has 16 heavy (non-hydrogen) atoms. The van der Waals surface area contributed by atoms with E-state index in [2.05, 4.69) is 0 Å². The zero-order valence-electron chi connectivity index (χ0n) is 8.89. The fourth-order valence-corrected chi connectivity index (χ4v) is 1.31. The molecule has 0 aromatic heterocycles. The van der Waals surface area contributed by atoms with Gasteiger partial charge in [0.15, 0.2) is 5.78 Å². The first-order chi connectivity index (χ1) is 7.34. The topological polar surface area (TPSA) is 26.3 Å². The standard InChI is InChI=1S/C11H11F3O2/c1-7(15)9-3-8(6-16-2)4-10(5-9)11(12,13)14/h3-5H,6H2,1-2H3. The molecule has 1 rings (SSSR count). The summed E-state index contributed by atoms with van der Waals surface area (Å²) in [6, 6.07) is 3.23. The van der Waals surface area contributed by atoms with Gasteiger partial charge in [0.2, 0.25) is 0 Å². The van der Waals surface area contributed by atoms with E-state index in [-0.39, 0.29) is 12.2 Å². The van der Waals surface area contributed by atoms with Crippen molar-refractivity contribution >= 4 is 5.78 Å². The van der Waals surface area contributed by atoms with Crippen LogP contribution in [0.5, 0.6) is 0 Å². The van der Waals surface area contributed by atoms with Crippen LogP contribution in [-0.2, 0) is 17.5 Å². The van der Waals surface area contributed by atoms with Gasteiger partial charge >= 0.3 is 6.18 Å². The van der Waals surface area contributed by atoms with Gasteiger partial charge in [-0.3, -0.25) is 4.79 Å². The molecule has 0 N–H and O–H groups in total. The molecule has 0 aliphatic rings. The molecule has 2 nitrogen and oxygen atoms in total. The third-order valence-electron chi connectivity index (χ3n) is 2.04. The van der Waals surface area contributed by atoms with Crippen molar-refractivity contribution in [3.8, 4) is 0 Å². The summed E-state index contributed by atoms with van der Waals surface area (Å²) in [6.07, 6.45) is -4.45. The average molecular weight is 232 g/mol. The molecule has 0 heterocycles. The minimum Gasteiger partial charge on any atom is -0.380 e. The second-order valence-electron chi connectivity index (χ2n) is 3.41. The van der Waals surface area contributed by atoms with Crippen molar-refractivity contribution in [3.05, 3.63) is 34.9 Å². The molecule has 0 spiro atoms. The van der Waals surface area contributed by atoms with Crippen LogP contribution in [0.2, 0.25) is 0 Å². The first-order valence-corrected chi connectivity index (χ1v) is 4.55. The molecule has 1 aromatic carbocycles. The number of carbonyl (C=O) groups is 1. The van der Waals surface area contributed by atoms with E-state index in [1.54, 1.807) is 0 Å². The highest BCUT2D eigenvalue weighted by molar-refractivity contribution is 5.94. The number of halogens is 3. The van der Waals surface area contributed by atoms with Crippen LogP contribution in [0.4, 0.5) is 13.2 Å². The quantitative estimate of drug-likeness (QED) is 0.748. The predicted molar refractivity (Wildman–Crippen MR) is 52.2 cm³/mol. The lowest BCUT2D eigenvalue weighted by molar-refractivity contribution is -0.137. The van der Waals surface area contributed by atoms with Crippen LogP contribution in [0, 0.1) is 0 Å². The van der Waals surface area contributed by atoms with E-state index in [1.807, 2.05) is 0 Å². The lowest BCUT2D eigenvalue weighted by atomic mass is 10.0. The van der Waals surface area contributed by atoms with Crippen molar-refractivity contribution in [3.63, 3.8) is 0 Å². The number of Topliss-reactive ketones (excluding diaryl/α,β-unsaturated/α-hetero) is 1. The molecular formula is C11H11F3O2. The van der Waals surface area contributed by atoms with Gasteiger partial charge in [-0.05, 0) is 30.7 Å². The zero-order chi connectivity index (χ0) is 12.3. The highest BCUT2D eigenvalue weighted by Crippen LogP contribution is 2.30. The highest BCUT2D eigenvalue weighted by atomic mass is 19.4. The van der Waals surface area contributed by atoms with E-state index < -0.39 is 17.5 Å². The Morgan fingerprint density at radius 3 is 2.38 bits per heavy atom. The second-order valence-corrected chi connectivity index (χ2v) is 3.41. The van der Waals surface area contributed by atoms with Gasteiger partial charge in [0.1, 0.15) is 0 Å². The molecule has 0 saturated heterocycles. The monoisotopic (exact) mass is 232 g/mol. The van der Waals surface area contributed by atoms with Crippen molar-refractivity contribution in [1.29, 1.82) is 0 Å². The molecule has 0 radical (unpaired) electrons. The van der Waals surface area contributed by atoms with Crippen LogP contribution in [0.15, 0.2) is 18.2 Å². The number of rotatable bonds is 3. The summed E-state index contributed by atoms with van der Waals surface area (Å²) in [5.41, 5.74) is -0.448. The Balaban J connectivity index is 3.24. The largest absolute Gasteiger partial charge is 0.416 e. The lowest BCUT2D eigenvalue weighted by Gasteiger charge is -2.10. The van der Waals surface area contributed by atoms with Gasteiger partial charge in [-0.1, -0.05) is 0 Å². The van der Waals surface area contributed by atoms with Gasteiger partial charge in [0.25, 0.3) is 0 Å². The maximum atomic E-state index is 12.5. The second kappa shape index (κ2) is 4.65. The molecule has 0 unspecified atom stereocenters. The number of methoxy groups -OCH3 is 1. The van der Waals surface area contributed by atoms with Gasteiger partial charge in [-0.25, -0.2) is 0 Å². The summed E-state index contributed by atoms with van der Waals surface area (Å²) in [4.78, 5) is 11.1. The normalized spacial score (nSPS) is 11.6. The first kappa shape index (κ1) is 12.7. The van der Waals surface area contributed by atoms with Gasteiger partial charge in [-0.15, -0.1) is 0 Å². The smallest absolute Gasteiger partial charge is 0.380 e. The van der Waals surface area contributed by atoms with Crippen molar-refractivity contribution in [2.75, 3.05) is 7.11 Å². The molecule has 0 saturated carbocycles. The SMILES string of the molecule is COCc1cc(C(C)=O)cc(C(F)(F)F)c1. The van der Waals surface area contributed by atoms with Gasteiger partial charge in [0.05, 0.1) is 12.2 Å². The molecule has 0 atom stereocenters. The minimum absolute atomic E-state index is 0.0434. The van der Waals surface area contributed by atoms with Gasteiger partial charge in [-0.2, -0.15) is 13.2 Å². The summed E-state index contributed by atoms with van der Waals surface area (Å²) in [7, 11) is 1.38. The first-order valence-electron chi connectivity index (χ1n) is 4.55. The highest BCUT2D eigenvalue weighted by Gasteiger charge is 2.31. The van der Waals surface area contributed by atoms with Crippen LogP contribution in [0.1, 0.15) is 28.4 Å². The Bertz CT molecular complexity index is 397. The predicted octanol–water partition coefficient (Wildman–Crippen LogP) is 3.05. The molecule has 88 valence electrons. The molecule has 0 aliphatic heterocycles. The molecule has 1 aromatic rings. The van der Waals surface area contributed by atoms with Crippen molar-refractivity contribution in [2.24, 2.45) is 0 Å². The molecule has 0 aliphatic carbocycles. The van der Waals surface area contributed by atoms with E-state index in [1.165, 1.54) is 20.1 Å². The maximum absolute atomic E-state index is 12.5. The summed E-state index contributed by atoms with van der Waals surface area (Å²) in [5, 5.41) is 0. The molecule has 0 amide bonds. The number of alkyl halides is 3. The third-order valence-corrected chi connectivity index (χ3v) is 2.04. The van der Waals surface area contributed by atoms with Crippen LogP contribution in [-0.4, -0.2) is 12.9 Å². The number of hydrogen-bond acceptors (Lipinski definition) is 2. The fraction of sp³-hybridized carbons (Fsp3) is 0.364. The van der Waals surface area contributed by atoms with Crippen LogP contribution >= 0.6 is 0 Å². The van der Waals surface area contributed by atoms with Crippen LogP contribution < -0.4 is 0 Å². The molecular weight excluding hydrogens is 221 g/mol. The van der Waals surface area contributed by atoms with Crippen molar-refractivity contribution < 1.29 is 22.7 Å². The van der Waals surface area contributed by atoms with Gasteiger partial charge in [0, 0.05) is 12.7 Å². The van der Waals surface area contributed by atoms with Crippen LogP contribution in [0.25, 0.3) is 0 Å². The average Bonchev–Trinajstić information content (AvgIpc) is 2.16. The third kappa shape index (κ3) is 3.06.